The Balaban J connectivity index is 1.02. The summed E-state index contributed by atoms with van der Waals surface area (Å²) in [6, 6.07) is 2.06. The van der Waals surface area contributed by atoms with E-state index in [1.807, 2.05) is 11.8 Å². The van der Waals surface area contributed by atoms with Gasteiger partial charge in [-0.05, 0) is 57.9 Å². The van der Waals surface area contributed by atoms with Crippen LogP contribution in [0.15, 0.2) is 10.6 Å². The third kappa shape index (κ3) is 6.39. The molecule has 1 amide bonds. The molecule has 0 spiro atoms. The summed E-state index contributed by atoms with van der Waals surface area (Å²) < 4.78 is 32.1. The Kier molecular flexibility index (Phi) is 7.39. The summed E-state index contributed by atoms with van der Waals surface area (Å²) in [6.45, 7) is 5.61. The van der Waals surface area contributed by atoms with Gasteiger partial charge in [0.25, 0.3) is 5.92 Å². The summed E-state index contributed by atoms with van der Waals surface area (Å²) in [5, 5.41) is 7.92. The fourth-order valence-corrected chi connectivity index (χ4v) is 6.60. The van der Waals surface area contributed by atoms with Gasteiger partial charge in [0.05, 0.1) is 17.8 Å². The molecule has 0 radical (unpaired) electrons. The van der Waals surface area contributed by atoms with E-state index in [9.17, 15) is 13.6 Å². The van der Waals surface area contributed by atoms with E-state index in [1.165, 1.54) is 11.3 Å². The predicted molar refractivity (Wildman–Crippen MR) is 131 cm³/mol. The number of rotatable bonds is 7. The van der Waals surface area contributed by atoms with Crippen LogP contribution in [0.2, 0.25) is 0 Å². The van der Waals surface area contributed by atoms with Crippen LogP contribution in [-0.4, -0.2) is 59.1 Å². The Labute approximate surface area is 209 Å². The lowest BCUT2D eigenvalue weighted by atomic mass is 9.84. The molecule has 7 nitrogen and oxygen atoms in total. The van der Waals surface area contributed by atoms with Crippen molar-refractivity contribution in [2.45, 2.75) is 83.2 Å². The molecule has 192 valence electrons. The fourth-order valence-electron chi connectivity index (χ4n) is 5.49. The Morgan fingerprint density at radius 1 is 1.23 bits per heavy atom. The van der Waals surface area contributed by atoms with Crippen molar-refractivity contribution in [3.8, 4) is 0 Å². The van der Waals surface area contributed by atoms with E-state index in [-0.39, 0.29) is 31.2 Å². The summed E-state index contributed by atoms with van der Waals surface area (Å²) in [7, 11) is 0. The van der Waals surface area contributed by atoms with E-state index in [0.717, 1.165) is 68.3 Å². The number of nitrogens with one attached hydrogen (secondary N) is 1. The van der Waals surface area contributed by atoms with Crippen molar-refractivity contribution < 1.29 is 18.1 Å². The molecule has 1 aliphatic carbocycles. The number of thiazole rings is 1. The number of carbonyl (C=O) groups excluding carboxylic acids is 1. The molecule has 2 aliphatic heterocycles. The molecule has 2 fully saturated rings. The van der Waals surface area contributed by atoms with Crippen LogP contribution in [0.1, 0.15) is 67.0 Å². The maximum atomic E-state index is 13.5. The van der Waals surface area contributed by atoms with Gasteiger partial charge in [-0.1, -0.05) is 5.16 Å². The third-order valence-electron chi connectivity index (χ3n) is 7.64. The molecule has 3 aliphatic rings. The van der Waals surface area contributed by atoms with Gasteiger partial charge in [0.15, 0.2) is 5.13 Å². The Morgan fingerprint density at radius 3 is 2.71 bits per heavy atom. The van der Waals surface area contributed by atoms with Gasteiger partial charge in [-0.15, -0.1) is 11.3 Å². The van der Waals surface area contributed by atoms with E-state index in [2.05, 4.69) is 15.4 Å². The monoisotopic (exact) mass is 507 g/mol. The second-order valence-corrected chi connectivity index (χ2v) is 11.5. The number of anilines is 1. The van der Waals surface area contributed by atoms with Crippen LogP contribution in [-0.2, 0) is 24.2 Å². The van der Waals surface area contributed by atoms with Gasteiger partial charge >= 0.3 is 0 Å². The van der Waals surface area contributed by atoms with Crippen LogP contribution >= 0.6 is 11.3 Å². The Morgan fingerprint density at radius 2 is 2.00 bits per heavy atom. The summed E-state index contributed by atoms with van der Waals surface area (Å²) in [4.78, 5) is 23.0. The number of nitrogens with zero attached hydrogens (tertiary/aromatic N) is 4. The average Bonchev–Trinajstić information content (AvgIpc) is 3.43. The molecule has 5 rings (SSSR count). The Hall–Kier alpha value is -2.07. The molecule has 0 unspecified atom stereocenters. The normalized spacial score (nSPS) is 24.8. The van der Waals surface area contributed by atoms with Crippen molar-refractivity contribution in [3.63, 3.8) is 0 Å². The van der Waals surface area contributed by atoms with Gasteiger partial charge < -0.3 is 14.7 Å². The summed E-state index contributed by atoms with van der Waals surface area (Å²) in [5.41, 5.74) is 1.93. The van der Waals surface area contributed by atoms with Gasteiger partial charge in [-0.3, -0.25) is 9.69 Å². The molecule has 2 aromatic heterocycles. The lowest BCUT2D eigenvalue weighted by Crippen LogP contribution is -2.39. The number of halogens is 2. The zero-order valence-corrected chi connectivity index (χ0v) is 21.2. The summed E-state index contributed by atoms with van der Waals surface area (Å²) in [5.74, 6) is -1.20. The maximum Gasteiger partial charge on any atom is 0.251 e. The molecular weight excluding hydrogens is 472 g/mol. The number of fused-ring (bicyclic) bond motifs is 1. The standard InChI is InChI=1S/C25H35F2N5O2S/c1-17-14-20(34-30-17)15-23(33)28-19-4-2-18(3-5-19)6-10-31-11-7-22-21(16-31)29-24(35-22)32-12-8-25(26,27)9-13-32/h14,18-19H,2-13,15-16H2,1H3,(H,28,33). The van der Waals surface area contributed by atoms with Gasteiger partial charge in [0, 0.05) is 56.0 Å². The van der Waals surface area contributed by atoms with E-state index < -0.39 is 5.92 Å². The highest BCUT2D eigenvalue weighted by molar-refractivity contribution is 7.15. The van der Waals surface area contributed by atoms with Gasteiger partial charge in [-0.25, -0.2) is 13.8 Å². The molecule has 10 heteroatoms. The minimum atomic E-state index is -2.52. The van der Waals surface area contributed by atoms with E-state index >= 15 is 0 Å². The highest BCUT2D eigenvalue weighted by Crippen LogP contribution is 2.35. The summed E-state index contributed by atoms with van der Waals surface area (Å²) >= 11 is 1.70. The molecule has 1 saturated carbocycles. The van der Waals surface area contributed by atoms with Crippen molar-refractivity contribution in [1.82, 2.24) is 20.4 Å². The topological polar surface area (TPSA) is 74.5 Å². The van der Waals surface area contributed by atoms with E-state index in [4.69, 9.17) is 9.51 Å². The van der Waals surface area contributed by atoms with Crippen LogP contribution in [0.5, 0.6) is 0 Å². The van der Waals surface area contributed by atoms with Gasteiger partial charge in [0.1, 0.15) is 5.76 Å². The first kappa shape index (κ1) is 24.6. The van der Waals surface area contributed by atoms with Crippen molar-refractivity contribution in [2.75, 3.05) is 31.1 Å². The van der Waals surface area contributed by atoms with Crippen LogP contribution < -0.4 is 10.2 Å². The first-order valence-corrected chi connectivity index (χ1v) is 13.7. The molecular formula is C25H35F2N5O2S. The highest BCUT2D eigenvalue weighted by Gasteiger charge is 2.35. The number of carbonyl (C=O) groups is 1. The van der Waals surface area contributed by atoms with Gasteiger partial charge in [-0.2, -0.15) is 0 Å². The van der Waals surface area contributed by atoms with Crippen LogP contribution in [0.25, 0.3) is 0 Å². The lowest BCUT2D eigenvalue weighted by molar-refractivity contribution is -0.121. The largest absolute Gasteiger partial charge is 0.361 e. The highest BCUT2D eigenvalue weighted by atomic mass is 32.1. The quantitative estimate of drug-likeness (QED) is 0.601. The molecule has 4 heterocycles. The predicted octanol–water partition coefficient (Wildman–Crippen LogP) is 4.34. The van der Waals surface area contributed by atoms with Crippen LogP contribution in [0, 0.1) is 12.8 Å². The number of alkyl halides is 2. The number of amides is 1. The van der Waals surface area contributed by atoms with Gasteiger partial charge in [0.2, 0.25) is 5.91 Å². The minimum absolute atomic E-state index is 0.00891. The number of hydrogen-bond donors (Lipinski definition) is 1. The second kappa shape index (κ2) is 10.5. The molecule has 0 aromatic carbocycles. The first-order valence-electron chi connectivity index (χ1n) is 12.9. The van der Waals surface area contributed by atoms with E-state index in [1.54, 1.807) is 17.4 Å². The smallest absolute Gasteiger partial charge is 0.251 e. The first-order chi connectivity index (χ1) is 16.8. The molecule has 1 saturated heterocycles. The molecule has 0 atom stereocenters. The average molecular weight is 508 g/mol. The van der Waals surface area contributed by atoms with Crippen molar-refractivity contribution >= 4 is 22.4 Å². The summed E-state index contributed by atoms with van der Waals surface area (Å²) in [6.07, 6.45) is 6.62. The molecule has 35 heavy (non-hydrogen) atoms. The second-order valence-electron chi connectivity index (χ2n) is 10.4. The number of aromatic nitrogens is 2. The lowest BCUT2D eigenvalue weighted by Gasteiger charge is -2.32. The SMILES string of the molecule is Cc1cc(CC(=O)NC2CCC(CCN3CCc4sc(N5CCC(F)(F)CC5)nc4C3)CC2)on1. The minimum Gasteiger partial charge on any atom is -0.361 e. The number of hydrogen-bond acceptors (Lipinski definition) is 7. The van der Waals surface area contributed by atoms with E-state index in [0.29, 0.717) is 24.8 Å². The van der Waals surface area contributed by atoms with Crippen LogP contribution in [0.4, 0.5) is 13.9 Å². The van der Waals surface area contributed by atoms with Crippen molar-refractivity contribution in [1.29, 1.82) is 0 Å². The zero-order valence-electron chi connectivity index (χ0n) is 20.4. The maximum absolute atomic E-state index is 13.5. The molecule has 2 aromatic rings. The molecule has 1 N–H and O–H groups in total. The van der Waals surface area contributed by atoms with Crippen molar-refractivity contribution in [3.05, 3.63) is 28.1 Å². The number of piperidine rings is 1. The van der Waals surface area contributed by atoms with Crippen molar-refractivity contribution in [2.24, 2.45) is 5.92 Å². The van der Waals surface area contributed by atoms with Crippen LogP contribution in [0.3, 0.4) is 0 Å². The third-order valence-corrected chi connectivity index (χ3v) is 8.86. The molecule has 0 bridgehead atoms. The zero-order chi connectivity index (χ0) is 24.4. The number of aryl methyl sites for hydroxylation is 1. The Bertz CT molecular complexity index is 1010. The fraction of sp³-hybridized carbons (Fsp3) is 0.720.